The SMILES string of the molecule is CCn1c([C@@H](C)NC(=O)c2ccc3c(c2)C(=O)NC3=O)nc2ccccc21. The molecule has 1 atom stereocenters. The zero-order chi connectivity index (χ0) is 19.1. The van der Waals surface area contributed by atoms with Gasteiger partial charge in [0.15, 0.2) is 0 Å². The number of carbonyl (C=O) groups excluding carboxylic acids is 3. The molecule has 0 bridgehead atoms. The van der Waals surface area contributed by atoms with Gasteiger partial charge in [-0.25, -0.2) is 4.98 Å². The number of hydrogen-bond acceptors (Lipinski definition) is 4. The molecule has 1 aliphatic rings. The normalized spacial score (nSPS) is 14.1. The van der Waals surface area contributed by atoms with Gasteiger partial charge >= 0.3 is 0 Å². The third-order valence-electron chi connectivity index (χ3n) is 4.73. The van der Waals surface area contributed by atoms with Gasteiger partial charge in [0, 0.05) is 12.1 Å². The van der Waals surface area contributed by atoms with E-state index in [9.17, 15) is 14.4 Å². The summed E-state index contributed by atoms with van der Waals surface area (Å²) in [5.74, 6) is -0.481. The first kappa shape index (κ1) is 17.0. The number of nitrogens with zero attached hydrogens (tertiary/aromatic N) is 2. The molecule has 0 unspecified atom stereocenters. The lowest BCUT2D eigenvalue weighted by Gasteiger charge is -2.15. The summed E-state index contributed by atoms with van der Waals surface area (Å²) in [5, 5.41) is 5.15. The van der Waals surface area contributed by atoms with Crippen LogP contribution in [0.3, 0.4) is 0 Å². The average Bonchev–Trinajstić information content (AvgIpc) is 3.18. The fourth-order valence-electron chi connectivity index (χ4n) is 3.41. The van der Waals surface area contributed by atoms with Crippen LogP contribution in [0.2, 0.25) is 0 Å². The number of para-hydroxylation sites is 2. The summed E-state index contributed by atoms with van der Waals surface area (Å²) in [7, 11) is 0. The molecule has 1 aromatic heterocycles. The smallest absolute Gasteiger partial charge is 0.258 e. The molecule has 0 saturated heterocycles. The summed E-state index contributed by atoms with van der Waals surface area (Å²) < 4.78 is 2.06. The molecular formula is C20H18N4O3. The molecule has 2 heterocycles. The predicted molar refractivity (Wildman–Crippen MR) is 99.5 cm³/mol. The van der Waals surface area contributed by atoms with Gasteiger partial charge in [-0.1, -0.05) is 12.1 Å². The van der Waals surface area contributed by atoms with Gasteiger partial charge in [-0.3, -0.25) is 19.7 Å². The number of rotatable bonds is 4. The number of aryl methyl sites for hydroxylation is 1. The number of nitrogens with one attached hydrogen (secondary N) is 2. The van der Waals surface area contributed by atoms with Gasteiger partial charge < -0.3 is 9.88 Å². The zero-order valence-corrected chi connectivity index (χ0v) is 14.9. The summed E-state index contributed by atoms with van der Waals surface area (Å²) in [5.41, 5.74) is 2.73. The van der Waals surface area contributed by atoms with E-state index >= 15 is 0 Å². The maximum absolute atomic E-state index is 12.7. The number of imide groups is 1. The first-order valence-corrected chi connectivity index (χ1v) is 8.75. The van der Waals surface area contributed by atoms with Gasteiger partial charge in [0.05, 0.1) is 28.2 Å². The van der Waals surface area contributed by atoms with Crippen molar-refractivity contribution in [3.63, 3.8) is 0 Å². The first-order valence-electron chi connectivity index (χ1n) is 8.75. The Bertz CT molecular complexity index is 1100. The van der Waals surface area contributed by atoms with Crippen LogP contribution in [0.25, 0.3) is 11.0 Å². The van der Waals surface area contributed by atoms with E-state index in [1.165, 1.54) is 12.1 Å². The third-order valence-corrected chi connectivity index (χ3v) is 4.73. The van der Waals surface area contributed by atoms with Crippen LogP contribution in [0.5, 0.6) is 0 Å². The molecule has 2 aromatic carbocycles. The summed E-state index contributed by atoms with van der Waals surface area (Å²) >= 11 is 0. The second kappa shape index (κ2) is 6.35. The van der Waals surface area contributed by atoms with Crippen molar-refractivity contribution in [3.8, 4) is 0 Å². The summed E-state index contributed by atoms with van der Waals surface area (Å²) in [6, 6.07) is 12.0. The predicted octanol–water partition coefficient (Wildman–Crippen LogP) is 2.43. The molecule has 136 valence electrons. The Morgan fingerprint density at radius 3 is 2.67 bits per heavy atom. The summed E-state index contributed by atoms with van der Waals surface area (Å²) in [4.78, 5) is 40.7. The molecule has 4 rings (SSSR count). The van der Waals surface area contributed by atoms with Gasteiger partial charge in [0.1, 0.15) is 5.82 Å². The van der Waals surface area contributed by atoms with Gasteiger partial charge in [-0.05, 0) is 44.2 Å². The van der Waals surface area contributed by atoms with E-state index in [1.807, 2.05) is 38.1 Å². The summed E-state index contributed by atoms with van der Waals surface area (Å²) in [6.07, 6.45) is 0. The van der Waals surface area contributed by atoms with Crippen LogP contribution in [-0.4, -0.2) is 27.3 Å². The Balaban J connectivity index is 1.61. The molecule has 0 fully saturated rings. The molecule has 3 amide bonds. The van der Waals surface area contributed by atoms with Crippen LogP contribution >= 0.6 is 0 Å². The molecular weight excluding hydrogens is 344 g/mol. The quantitative estimate of drug-likeness (QED) is 0.697. The molecule has 0 aliphatic carbocycles. The maximum atomic E-state index is 12.7. The Morgan fingerprint density at radius 1 is 1.15 bits per heavy atom. The van der Waals surface area contributed by atoms with Crippen LogP contribution in [-0.2, 0) is 6.54 Å². The van der Waals surface area contributed by atoms with E-state index < -0.39 is 11.8 Å². The van der Waals surface area contributed by atoms with E-state index in [-0.39, 0.29) is 23.1 Å². The number of hydrogen-bond donors (Lipinski definition) is 2. The Labute approximate surface area is 155 Å². The first-order chi connectivity index (χ1) is 13.0. The lowest BCUT2D eigenvalue weighted by atomic mass is 10.0. The lowest BCUT2D eigenvalue weighted by Crippen LogP contribution is -2.28. The van der Waals surface area contributed by atoms with Gasteiger partial charge in [-0.2, -0.15) is 0 Å². The molecule has 2 N–H and O–H groups in total. The highest BCUT2D eigenvalue weighted by atomic mass is 16.2. The van der Waals surface area contributed by atoms with Gasteiger partial charge in [0.25, 0.3) is 17.7 Å². The average molecular weight is 362 g/mol. The number of imidazole rings is 1. The molecule has 27 heavy (non-hydrogen) atoms. The van der Waals surface area contributed by atoms with Crippen molar-refractivity contribution in [2.75, 3.05) is 0 Å². The highest BCUT2D eigenvalue weighted by Crippen LogP contribution is 2.22. The molecule has 0 saturated carbocycles. The maximum Gasteiger partial charge on any atom is 0.258 e. The van der Waals surface area contributed by atoms with Gasteiger partial charge in [-0.15, -0.1) is 0 Å². The minimum absolute atomic E-state index is 0.223. The fourth-order valence-corrected chi connectivity index (χ4v) is 3.41. The number of fused-ring (bicyclic) bond motifs is 2. The van der Waals surface area contributed by atoms with Crippen molar-refractivity contribution in [1.29, 1.82) is 0 Å². The molecule has 3 aromatic rings. The Morgan fingerprint density at radius 2 is 1.89 bits per heavy atom. The van der Waals surface area contributed by atoms with Crippen LogP contribution < -0.4 is 10.6 Å². The van der Waals surface area contributed by atoms with Crippen molar-refractivity contribution in [2.24, 2.45) is 0 Å². The Kier molecular flexibility index (Phi) is 3.99. The fraction of sp³-hybridized carbons (Fsp3) is 0.200. The zero-order valence-electron chi connectivity index (χ0n) is 14.9. The van der Waals surface area contributed by atoms with E-state index in [4.69, 9.17) is 0 Å². The standard InChI is InChI=1S/C20H18N4O3/c1-3-24-16-7-5-4-6-15(16)22-17(24)11(2)21-18(25)12-8-9-13-14(10-12)20(27)23-19(13)26/h4-11H,3H2,1-2H3,(H,21,25)(H,23,26,27)/t11-/m1/s1. The van der Waals surface area contributed by atoms with Crippen LogP contribution in [0.15, 0.2) is 42.5 Å². The minimum atomic E-state index is -0.481. The number of aromatic nitrogens is 2. The molecule has 1 aliphatic heterocycles. The van der Waals surface area contributed by atoms with E-state index in [1.54, 1.807) is 6.07 Å². The Hall–Kier alpha value is -3.48. The monoisotopic (exact) mass is 362 g/mol. The lowest BCUT2D eigenvalue weighted by molar-refractivity contribution is 0.0878. The second-order valence-corrected chi connectivity index (χ2v) is 6.44. The van der Waals surface area contributed by atoms with E-state index in [0.29, 0.717) is 5.56 Å². The van der Waals surface area contributed by atoms with Crippen molar-refractivity contribution in [2.45, 2.75) is 26.4 Å². The molecule has 0 spiro atoms. The van der Waals surface area contributed by atoms with Crippen molar-refractivity contribution < 1.29 is 14.4 Å². The van der Waals surface area contributed by atoms with E-state index in [0.717, 1.165) is 23.4 Å². The molecule has 0 radical (unpaired) electrons. The topological polar surface area (TPSA) is 93.1 Å². The van der Waals surface area contributed by atoms with Crippen molar-refractivity contribution in [3.05, 3.63) is 65.0 Å². The number of carbonyl (C=O) groups is 3. The minimum Gasteiger partial charge on any atom is -0.342 e. The van der Waals surface area contributed by atoms with Crippen LogP contribution in [0, 0.1) is 0 Å². The van der Waals surface area contributed by atoms with E-state index in [2.05, 4.69) is 20.2 Å². The second-order valence-electron chi connectivity index (χ2n) is 6.44. The highest BCUT2D eigenvalue weighted by Gasteiger charge is 2.28. The highest BCUT2D eigenvalue weighted by molar-refractivity contribution is 6.22. The van der Waals surface area contributed by atoms with Gasteiger partial charge in [0.2, 0.25) is 0 Å². The third kappa shape index (κ3) is 2.77. The number of benzene rings is 2. The number of amides is 3. The molecule has 7 nitrogen and oxygen atoms in total. The molecule has 7 heteroatoms. The van der Waals surface area contributed by atoms with Crippen molar-refractivity contribution in [1.82, 2.24) is 20.2 Å². The van der Waals surface area contributed by atoms with Crippen molar-refractivity contribution >= 4 is 28.8 Å². The van der Waals surface area contributed by atoms with Crippen LogP contribution in [0.4, 0.5) is 0 Å². The van der Waals surface area contributed by atoms with Crippen LogP contribution in [0.1, 0.15) is 56.8 Å². The largest absolute Gasteiger partial charge is 0.342 e. The summed E-state index contributed by atoms with van der Waals surface area (Å²) in [6.45, 7) is 4.63.